The van der Waals surface area contributed by atoms with Crippen molar-refractivity contribution in [2.45, 2.75) is 12.8 Å². The lowest BCUT2D eigenvalue weighted by Gasteiger charge is -2.12. The van der Waals surface area contributed by atoms with Gasteiger partial charge in [0.2, 0.25) is 0 Å². The molecule has 3 nitrogen and oxygen atoms in total. The molecule has 0 saturated carbocycles. The Morgan fingerprint density at radius 3 is 2.69 bits per heavy atom. The molecular weight excluding hydrogens is 162 g/mol. The average Bonchev–Trinajstić information content (AvgIpc) is 2.71. The topological polar surface area (TPSA) is 21.1 Å². The van der Waals surface area contributed by atoms with Crippen LogP contribution in [0.15, 0.2) is 6.20 Å². The maximum atomic E-state index is 5.31. The molecule has 0 unspecified atom stereocenters. The molecule has 1 aliphatic heterocycles. The fraction of sp³-hybridized carbons (Fsp3) is 0.500. The van der Waals surface area contributed by atoms with Crippen molar-refractivity contribution in [3.63, 3.8) is 0 Å². The Balaban J connectivity index is 2.26. The van der Waals surface area contributed by atoms with Gasteiger partial charge >= 0.3 is 0 Å². The van der Waals surface area contributed by atoms with E-state index < -0.39 is 0 Å². The smallest absolute Gasteiger partial charge is 0.186 e. The monoisotopic (exact) mass is 175 g/mol. The maximum absolute atomic E-state index is 5.31. The standard InChI is InChI=1S/C10H13N3/c1-3-9-11-10(8-12(9)2)13-6-4-5-7-13/h1,8H,4-7H2,2H3. The molecule has 2 rings (SSSR count). The van der Waals surface area contributed by atoms with Crippen molar-refractivity contribution in [2.75, 3.05) is 18.0 Å². The number of nitrogens with zero attached hydrogens (tertiary/aromatic N) is 3. The highest BCUT2D eigenvalue weighted by atomic mass is 15.2. The Labute approximate surface area is 78.4 Å². The second-order valence-corrected chi connectivity index (χ2v) is 3.37. The number of terminal acetylenes is 1. The second kappa shape index (κ2) is 3.14. The highest BCUT2D eigenvalue weighted by Gasteiger charge is 2.15. The Morgan fingerprint density at radius 1 is 1.46 bits per heavy atom. The van der Waals surface area contributed by atoms with E-state index in [4.69, 9.17) is 6.42 Å². The average molecular weight is 175 g/mol. The summed E-state index contributed by atoms with van der Waals surface area (Å²) < 4.78 is 1.90. The molecule has 1 fully saturated rings. The third-order valence-electron chi connectivity index (χ3n) is 2.42. The minimum absolute atomic E-state index is 0.710. The molecule has 0 radical (unpaired) electrons. The predicted octanol–water partition coefficient (Wildman–Crippen LogP) is 1.00. The lowest BCUT2D eigenvalue weighted by Crippen LogP contribution is -2.17. The molecular formula is C10H13N3. The van der Waals surface area contributed by atoms with Gasteiger partial charge < -0.3 is 9.47 Å². The summed E-state index contributed by atoms with van der Waals surface area (Å²) in [6.07, 6.45) is 9.84. The van der Waals surface area contributed by atoms with E-state index in [9.17, 15) is 0 Å². The van der Waals surface area contributed by atoms with E-state index in [2.05, 4.69) is 15.8 Å². The van der Waals surface area contributed by atoms with E-state index >= 15 is 0 Å². The van der Waals surface area contributed by atoms with Crippen LogP contribution in [0.3, 0.4) is 0 Å². The summed E-state index contributed by atoms with van der Waals surface area (Å²) in [6.45, 7) is 2.22. The first-order chi connectivity index (χ1) is 6.31. The van der Waals surface area contributed by atoms with Gasteiger partial charge in [0.25, 0.3) is 0 Å². The summed E-state index contributed by atoms with van der Waals surface area (Å²) in [5, 5.41) is 0. The van der Waals surface area contributed by atoms with Crippen LogP contribution in [0.1, 0.15) is 18.7 Å². The lowest BCUT2D eigenvalue weighted by atomic mass is 10.4. The highest BCUT2D eigenvalue weighted by Crippen LogP contribution is 2.18. The van der Waals surface area contributed by atoms with Gasteiger partial charge in [-0.05, 0) is 18.8 Å². The summed E-state index contributed by atoms with van der Waals surface area (Å²) in [5.74, 6) is 4.30. The summed E-state index contributed by atoms with van der Waals surface area (Å²) >= 11 is 0. The van der Waals surface area contributed by atoms with Crippen LogP contribution in [0, 0.1) is 12.3 Å². The van der Waals surface area contributed by atoms with Crippen LogP contribution in [0.4, 0.5) is 5.82 Å². The SMILES string of the molecule is C#Cc1nc(N2CCCC2)cn1C. The van der Waals surface area contributed by atoms with Gasteiger partial charge in [-0.3, -0.25) is 0 Å². The first kappa shape index (κ1) is 8.18. The van der Waals surface area contributed by atoms with Crippen LogP contribution in [0.25, 0.3) is 0 Å². The van der Waals surface area contributed by atoms with Crippen molar-refractivity contribution < 1.29 is 0 Å². The minimum atomic E-state index is 0.710. The summed E-state index contributed by atoms with van der Waals surface area (Å²) in [5.41, 5.74) is 0. The van der Waals surface area contributed by atoms with Gasteiger partial charge in [-0.2, -0.15) is 0 Å². The largest absolute Gasteiger partial charge is 0.355 e. The fourth-order valence-electron chi connectivity index (χ4n) is 1.68. The van der Waals surface area contributed by atoms with Crippen LogP contribution >= 0.6 is 0 Å². The minimum Gasteiger partial charge on any atom is -0.355 e. The summed E-state index contributed by atoms with van der Waals surface area (Å²) in [7, 11) is 1.93. The number of imidazole rings is 1. The second-order valence-electron chi connectivity index (χ2n) is 3.37. The molecule has 3 heteroatoms. The van der Waals surface area contributed by atoms with Gasteiger partial charge in [-0.15, -0.1) is 6.42 Å². The molecule has 0 atom stereocenters. The van der Waals surface area contributed by atoms with Crippen LogP contribution in [-0.2, 0) is 7.05 Å². The zero-order valence-corrected chi connectivity index (χ0v) is 7.82. The van der Waals surface area contributed by atoms with Gasteiger partial charge in [0, 0.05) is 26.3 Å². The molecule has 0 N–H and O–H groups in total. The highest BCUT2D eigenvalue weighted by molar-refractivity contribution is 5.41. The number of aryl methyl sites for hydroxylation is 1. The van der Waals surface area contributed by atoms with Gasteiger partial charge in [-0.25, -0.2) is 4.98 Å². The van der Waals surface area contributed by atoms with Gasteiger partial charge in [0.05, 0.1) is 0 Å². The van der Waals surface area contributed by atoms with Crippen LogP contribution in [0.2, 0.25) is 0 Å². The van der Waals surface area contributed by atoms with E-state index in [1.807, 2.05) is 17.8 Å². The molecule has 1 saturated heterocycles. The number of anilines is 1. The van der Waals surface area contributed by atoms with Crippen LogP contribution < -0.4 is 4.90 Å². The van der Waals surface area contributed by atoms with E-state index in [1.165, 1.54) is 12.8 Å². The lowest BCUT2D eigenvalue weighted by molar-refractivity contribution is 0.893. The molecule has 1 aromatic rings. The first-order valence-corrected chi connectivity index (χ1v) is 4.56. The third kappa shape index (κ3) is 1.40. The van der Waals surface area contributed by atoms with Crippen LogP contribution in [-0.4, -0.2) is 22.6 Å². The van der Waals surface area contributed by atoms with Crippen molar-refractivity contribution >= 4 is 5.82 Å². The number of rotatable bonds is 1. The van der Waals surface area contributed by atoms with Gasteiger partial charge in [0.15, 0.2) is 5.82 Å². The summed E-state index contributed by atoms with van der Waals surface area (Å²) in [4.78, 5) is 6.64. The Bertz CT molecular complexity index is 340. The predicted molar refractivity (Wildman–Crippen MR) is 52.6 cm³/mol. The quantitative estimate of drug-likeness (QED) is 0.594. The van der Waals surface area contributed by atoms with Crippen LogP contribution in [0.5, 0.6) is 0 Å². The third-order valence-corrected chi connectivity index (χ3v) is 2.42. The zero-order valence-electron chi connectivity index (χ0n) is 7.82. The Kier molecular flexibility index (Phi) is 1.97. The maximum Gasteiger partial charge on any atom is 0.186 e. The van der Waals surface area contributed by atoms with Gasteiger partial charge in [-0.1, -0.05) is 0 Å². The van der Waals surface area contributed by atoms with Crippen molar-refractivity contribution in [2.24, 2.45) is 7.05 Å². The number of hydrogen-bond acceptors (Lipinski definition) is 2. The van der Waals surface area contributed by atoms with E-state index in [0.717, 1.165) is 18.9 Å². The van der Waals surface area contributed by atoms with Crippen molar-refractivity contribution in [3.05, 3.63) is 12.0 Å². The van der Waals surface area contributed by atoms with E-state index in [1.54, 1.807) is 0 Å². The Hall–Kier alpha value is -1.43. The molecule has 68 valence electrons. The molecule has 0 aliphatic carbocycles. The van der Waals surface area contributed by atoms with Crippen molar-refractivity contribution in [1.29, 1.82) is 0 Å². The summed E-state index contributed by atoms with van der Waals surface area (Å²) in [6, 6.07) is 0. The molecule has 0 aromatic carbocycles. The molecule has 13 heavy (non-hydrogen) atoms. The molecule has 0 bridgehead atoms. The Morgan fingerprint density at radius 2 is 2.15 bits per heavy atom. The molecule has 2 heterocycles. The zero-order chi connectivity index (χ0) is 9.26. The first-order valence-electron chi connectivity index (χ1n) is 4.56. The van der Waals surface area contributed by atoms with Crippen molar-refractivity contribution in [3.8, 4) is 12.3 Å². The normalized spacial score (nSPS) is 16.2. The van der Waals surface area contributed by atoms with E-state index in [0.29, 0.717) is 5.82 Å². The number of aromatic nitrogens is 2. The van der Waals surface area contributed by atoms with E-state index in [-0.39, 0.29) is 0 Å². The number of hydrogen-bond donors (Lipinski definition) is 0. The molecule has 0 spiro atoms. The molecule has 1 aliphatic rings. The van der Waals surface area contributed by atoms with Crippen molar-refractivity contribution in [1.82, 2.24) is 9.55 Å². The molecule has 1 aromatic heterocycles. The van der Waals surface area contributed by atoms with Gasteiger partial charge in [0.1, 0.15) is 5.82 Å². The molecule has 0 amide bonds. The fourth-order valence-corrected chi connectivity index (χ4v) is 1.68.